The van der Waals surface area contributed by atoms with Gasteiger partial charge in [0.05, 0.1) is 0 Å². The van der Waals surface area contributed by atoms with Crippen molar-refractivity contribution in [2.75, 3.05) is 13.2 Å². The molecule has 0 amide bonds. The number of phenols is 2. The Bertz CT molecular complexity index is 506. The molecule has 6 heteroatoms. The second-order valence-corrected chi connectivity index (χ2v) is 4.18. The number of hydrogen-bond acceptors (Lipinski definition) is 6. The molecule has 0 spiro atoms. The fourth-order valence-corrected chi connectivity index (χ4v) is 2.30. The van der Waals surface area contributed by atoms with Gasteiger partial charge in [0.1, 0.15) is 24.3 Å². The maximum atomic E-state index is 11.8. The van der Waals surface area contributed by atoms with Crippen molar-refractivity contribution in [2.45, 2.75) is 12.8 Å². The Kier molecular flexibility index (Phi) is 2.19. The van der Waals surface area contributed by atoms with Crippen molar-refractivity contribution in [3.8, 4) is 11.5 Å². The van der Waals surface area contributed by atoms with Gasteiger partial charge < -0.3 is 19.7 Å². The lowest BCUT2D eigenvalue weighted by molar-refractivity contribution is 0.0249. The molecule has 3 rings (SSSR count). The van der Waals surface area contributed by atoms with E-state index in [1.165, 1.54) is 0 Å². The van der Waals surface area contributed by atoms with Crippen molar-refractivity contribution in [3.05, 3.63) is 22.3 Å². The van der Waals surface area contributed by atoms with Crippen LogP contribution in [0.25, 0.3) is 0 Å². The first-order valence-corrected chi connectivity index (χ1v) is 5.55. The van der Waals surface area contributed by atoms with Crippen LogP contribution in [0.4, 0.5) is 0 Å². The van der Waals surface area contributed by atoms with E-state index in [0.29, 0.717) is 24.0 Å². The van der Waals surface area contributed by atoms with Gasteiger partial charge in [-0.25, -0.2) is 9.59 Å². The van der Waals surface area contributed by atoms with Crippen LogP contribution in [-0.2, 0) is 22.3 Å². The number of cyclic esters (lactones) is 2. The van der Waals surface area contributed by atoms with E-state index in [1.54, 1.807) is 0 Å². The molecular weight excluding hydrogens is 240 g/mol. The monoisotopic (exact) mass is 250 g/mol. The van der Waals surface area contributed by atoms with Crippen molar-refractivity contribution >= 4 is 11.9 Å². The molecule has 1 aromatic carbocycles. The zero-order valence-electron chi connectivity index (χ0n) is 9.36. The van der Waals surface area contributed by atoms with Crippen molar-refractivity contribution in [3.63, 3.8) is 0 Å². The van der Waals surface area contributed by atoms with E-state index in [0.717, 1.165) is 0 Å². The third-order valence-corrected chi connectivity index (χ3v) is 3.25. The number of esters is 2. The molecule has 1 aromatic rings. The maximum Gasteiger partial charge on any atom is 0.342 e. The molecule has 0 atom stereocenters. The molecule has 0 fully saturated rings. The molecule has 1 heterocycles. The number of aromatic hydroxyl groups is 2. The fraction of sp³-hybridized carbons (Fsp3) is 0.333. The molecular formula is C12H10O6. The third-order valence-electron chi connectivity index (χ3n) is 3.25. The van der Waals surface area contributed by atoms with Gasteiger partial charge in [-0.05, 0) is 24.0 Å². The van der Waals surface area contributed by atoms with Crippen LogP contribution < -0.4 is 0 Å². The van der Waals surface area contributed by atoms with E-state index < -0.39 is 23.4 Å². The van der Waals surface area contributed by atoms with Crippen LogP contribution in [0.1, 0.15) is 31.8 Å². The van der Waals surface area contributed by atoms with Gasteiger partial charge in [-0.15, -0.1) is 0 Å². The Morgan fingerprint density at radius 1 is 0.778 bits per heavy atom. The summed E-state index contributed by atoms with van der Waals surface area (Å²) in [7, 11) is 0. The first-order valence-electron chi connectivity index (χ1n) is 5.55. The van der Waals surface area contributed by atoms with Crippen LogP contribution in [0, 0.1) is 0 Å². The molecule has 0 saturated carbocycles. The standard InChI is InChI=1S/C12H10O6/c13-9-7-5-1-2-6(5)8(10(9)14)12(16)18-4-3-17-11(7)15/h13-14H,1-4H2. The van der Waals surface area contributed by atoms with Gasteiger partial charge in [-0.1, -0.05) is 0 Å². The van der Waals surface area contributed by atoms with Gasteiger partial charge in [0.2, 0.25) is 0 Å². The van der Waals surface area contributed by atoms with Crippen LogP contribution >= 0.6 is 0 Å². The van der Waals surface area contributed by atoms with Gasteiger partial charge in [-0.3, -0.25) is 0 Å². The Balaban J connectivity index is 2.32. The largest absolute Gasteiger partial charge is 0.504 e. The highest BCUT2D eigenvalue weighted by molar-refractivity contribution is 6.03. The van der Waals surface area contributed by atoms with Crippen LogP contribution in [0.5, 0.6) is 11.5 Å². The molecule has 0 radical (unpaired) electrons. The number of carbonyl (C=O) groups excluding carboxylic acids is 2. The average Bonchev–Trinajstić information content (AvgIpc) is 2.31. The summed E-state index contributed by atoms with van der Waals surface area (Å²) in [6.45, 7) is -0.143. The van der Waals surface area contributed by atoms with Crippen LogP contribution in [-0.4, -0.2) is 35.4 Å². The van der Waals surface area contributed by atoms with Crippen LogP contribution in [0.3, 0.4) is 0 Å². The minimum Gasteiger partial charge on any atom is -0.504 e. The van der Waals surface area contributed by atoms with Gasteiger partial charge in [0.25, 0.3) is 0 Å². The van der Waals surface area contributed by atoms with E-state index in [1.807, 2.05) is 0 Å². The molecule has 18 heavy (non-hydrogen) atoms. The lowest BCUT2D eigenvalue weighted by Crippen LogP contribution is -2.25. The zero-order valence-corrected chi connectivity index (χ0v) is 9.36. The van der Waals surface area contributed by atoms with Crippen molar-refractivity contribution in [1.82, 2.24) is 0 Å². The number of hydrogen-bond donors (Lipinski definition) is 2. The smallest absolute Gasteiger partial charge is 0.342 e. The summed E-state index contributed by atoms with van der Waals surface area (Å²) in [4.78, 5) is 23.5. The summed E-state index contributed by atoms with van der Waals surface area (Å²) in [5, 5.41) is 19.7. The highest BCUT2D eigenvalue weighted by Gasteiger charge is 2.36. The first kappa shape index (κ1) is 10.9. The molecule has 6 nitrogen and oxygen atoms in total. The molecule has 0 saturated heterocycles. The second-order valence-electron chi connectivity index (χ2n) is 4.18. The molecule has 1 aliphatic heterocycles. The highest BCUT2D eigenvalue weighted by atomic mass is 16.6. The maximum absolute atomic E-state index is 11.8. The van der Waals surface area contributed by atoms with Gasteiger partial charge in [0, 0.05) is 0 Å². The predicted octanol–water partition coefficient (Wildman–Crippen LogP) is 0.524. The number of ether oxygens (including phenoxy) is 2. The summed E-state index contributed by atoms with van der Waals surface area (Å²) in [6, 6.07) is 0. The summed E-state index contributed by atoms with van der Waals surface area (Å²) in [6.07, 6.45) is 1.13. The topological polar surface area (TPSA) is 93.1 Å². The Hall–Kier alpha value is -2.24. The SMILES string of the molecule is O=C1OCCOC(=O)c2c(O)c(O)c1c1c2CC1. The minimum atomic E-state index is -0.705. The second kappa shape index (κ2) is 3.63. The molecule has 0 unspecified atom stereocenters. The lowest BCUT2D eigenvalue weighted by atomic mass is 9.80. The highest BCUT2D eigenvalue weighted by Crippen LogP contribution is 2.44. The molecule has 94 valence electrons. The molecule has 2 bridgehead atoms. The van der Waals surface area contributed by atoms with Gasteiger partial charge in [-0.2, -0.15) is 0 Å². The van der Waals surface area contributed by atoms with Crippen molar-refractivity contribution < 1.29 is 29.3 Å². The zero-order chi connectivity index (χ0) is 12.9. The normalized spacial score (nSPS) is 17.6. The summed E-state index contributed by atoms with van der Waals surface area (Å²) >= 11 is 0. The molecule has 1 aliphatic carbocycles. The van der Waals surface area contributed by atoms with Crippen LogP contribution in [0.2, 0.25) is 0 Å². The van der Waals surface area contributed by atoms with E-state index in [9.17, 15) is 19.8 Å². The lowest BCUT2D eigenvalue weighted by Gasteiger charge is -2.27. The Labute approximate surface area is 102 Å². The summed E-state index contributed by atoms with van der Waals surface area (Å²) in [5.74, 6) is -2.62. The number of rotatable bonds is 0. The Morgan fingerprint density at radius 2 is 1.17 bits per heavy atom. The van der Waals surface area contributed by atoms with E-state index in [4.69, 9.17) is 9.47 Å². The van der Waals surface area contributed by atoms with Crippen molar-refractivity contribution in [1.29, 1.82) is 0 Å². The van der Waals surface area contributed by atoms with Crippen molar-refractivity contribution in [2.24, 2.45) is 0 Å². The predicted molar refractivity (Wildman–Crippen MR) is 57.7 cm³/mol. The molecule has 2 N–H and O–H groups in total. The number of carbonyl (C=O) groups is 2. The number of phenolic OH excluding ortho intramolecular Hbond substituents is 2. The molecule has 2 aliphatic rings. The minimum absolute atomic E-state index is 0.0350. The van der Waals surface area contributed by atoms with E-state index >= 15 is 0 Å². The quantitative estimate of drug-likeness (QED) is 0.515. The summed E-state index contributed by atoms with van der Waals surface area (Å²) in [5.41, 5.74) is 1.05. The molecule has 0 aromatic heterocycles. The van der Waals surface area contributed by atoms with E-state index in [2.05, 4.69) is 0 Å². The number of fused-ring (bicyclic) bond motifs is 6. The first-order chi connectivity index (χ1) is 8.61. The van der Waals surface area contributed by atoms with Gasteiger partial charge >= 0.3 is 11.9 Å². The van der Waals surface area contributed by atoms with E-state index in [-0.39, 0.29) is 24.3 Å². The average molecular weight is 250 g/mol. The number of benzene rings is 1. The van der Waals surface area contributed by atoms with Gasteiger partial charge in [0.15, 0.2) is 11.5 Å². The third kappa shape index (κ3) is 1.28. The fourth-order valence-electron chi connectivity index (χ4n) is 2.30. The Morgan fingerprint density at radius 3 is 1.50 bits per heavy atom. The van der Waals surface area contributed by atoms with Crippen LogP contribution in [0.15, 0.2) is 0 Å². The summed E-state index contributed by atoms with van der Waals surface area (Å²) < 4.78 is 9.73.